The molecular weight excluding hydrogens is 356 g/mol. The summed E-state index contributed by atoms with van der Waals surface area (Å²) in [5.41, 5.74) is 2.60. The monoisotopic (exact) mass is 384 g/mol. The van der Waals surface area contributed by atoms with Gasteiger partial charge in [0.1, 0.15) is 0 Å². The Kier molecular flexibility index (Phi) is 8.21. The standard InChI is InChI=1S/C22H28N2O2S/c25-22(23-13-7-12-18-8-3-1-4-9-18)21(24-14-20-15-26-20)17-27-16-19-10-5-2-6-11-19/h1-6,8-11,20-21,24H,7,12-17H2,(H,23,25). The van der Waals surface area contributed by atoms with Gasteiger partial charge in [0.25, 0.3) is 0 Å². The van der Waals surface area contributed by atoms with Crippen molar-refractivity contribution >= 4 is 17.7 Å². The van der Waals surface area contributed by atoms with Gasteiger partial charge in [-0.3, -0.25) is 4.79 Å². The Hall–Kier alpha value is -1.82. The van der Waals surface area contributed by atoms with Crippen molar-refractivity contribution in [2.75, 3.05) is 25.4 Å². The third kappa shape index (κ3) is 7.75. The number of carbonyl (C=O) groups excluding carboxylic acids is 1. The van der Waals surface area contributed by atoms with Crippen molar-refractivity contribution in [3.8, 4) is 0 Å². The molecule has 0 aromatic heterocycles. The molecule has 5 heteroatoms. The minimum atomic E-state index is -0.181. The summed E-state index contributed by atoms with van der Waals surface area (Å²) in [4.78, 5) is 12.6. The van der Waals surface area contributed by atoms with Crippen LogP contribution >= 0.6 is 11.8 Å². The number of amides is 1. The number of epoxide rings is 1. The molecule has 27 heavy (non-hydrogen) atoms. The molecule has 4 nitrogen and oxygen atoms in total. The Morgan fingerprint density at radius 1 is 1.07 bits per heavy atom. The van der Waals surface area contributed by atoms with Crippen molar-refractivity contribution < 1.29 is 9.53 Å². The van der Waals surface area contributed by atoms with Crippen LogP contribution in [0.2, 0.25) is 0 Å². The Labute approximate surface area is 166 Å². The maximum atomic E-state index is 12.6. The first kappa shape index (κ1) is 19.9. The Balaban J connectivity index is 1.39. The van der Waals surface area contributed by atoms with Crippen molar-refractivity contribution in [1.29, 1.82) is 0 Å². The second kappa shape index (κ2) is 11.1. The maximum Gasteiger partial charge on any atom is 0.237 e. The molecular formula is C22H28N2O2S. The van der Waals surface area contributed by atoms with Gasteiger partial charge in [0.05, 0.1) is 18.8 Å². The van der Waals surface area contributed by atoms with Crippen molar-refractivity contribution in [3.63, 3.8) is 0 Å². The average Bonchev–Trinajstić information content (AvgIpc) is 3.54. The number of thioether (sulfide) groups is 1. The smallest absolute Gasteiger partial charge is 0.237 e. The zero-order valence-electron chi connectivity index (χ0n) is 15.6. The molecule has 1 heterocycles. The number of aryl methyl sites for hydroxylation is 1. The van der Waals surface area contributed by atoms with E-state index in [-0.39, 0.29) is 18.1 Å². The van der Waals surface area contributed by atoms with Crippen molar-refractivity contribution in [1.82, 2.24) is 10.6 Å². The minimum Gasteiger partial charge on any atom is -0.372 e. The quantitative estimate of drug-likeness (QED) is 0.436. The zero-order chi connectivity index (χ0) is 18.7. The lowest BCUT2D eigenvalue weighted by molar-refractivity contribution is -0.122. The summed E-state index contributed by atoms with van der Waals surface area (Å²) in [6, 6.07) is 20.6. The van der Waals surface area contributed by atoms with Crippen molar-refractivity contribution in [2.24, 2.45) is 0 Å². The number of carbonyl (C=O) groups is 1. The largest absolute Gasteiger partial charge is 0.372 e. The van der Waals surface area contributed by atoms with E-state index >= 15 is 0 Å². The van der Waals surface area contributed by atoms with E-state index in [0.717, 1.165) is 37.5 Å². The molecule has 0 saturated carbocycles. The summed E-state index contributed by atoms with van der Waals surface area (Å²) in [6.07, 6.45) is 2.21. The molecule has 2 aromatic rings. The second-order valence-electron chi connectivity index (χ2n) is 6.80. The molecule has 1 amide bonds. The highest BCUT2D eigenvalue weighted by molar-refractivity contribution is 7.98. The first-order valence-corrected chi connectivity index (χ1v) is 10.7. The molecule has 2 unspecified atom stereocenters. The fourth-order valence-electron chi connectivity index (χ4n) is 2.83. The summed E-state index contributed by atoms with van der Waals surface area (Å²) < 4.78 is 5.26. The first-order valence-electron chi connectivity index (χ1n) is 9.59. The van der Waals surface area contributed by atoms with Gasteiger partial charge >= 0.3 is 0 Å². The van der Waals surface area contributed by atoms with Crippen LogP contribution in [-0.4, -0.2) is 43.5 Å². The van der Waals surface area contributed by atoms with Crippen LogP contribution in [0.1, 0.15) is 17.5 Å². The average molecular weight is 385 g/mol. The van der Waals surface area contributed by atoms with E-state index in [9.17, 15) is 4.79 Å². The highest BCUT2D eigenvalue weighted by Crippen LogP contribution is 2.14. The van der Waals surface area contributed by atoms with Gasteiger partial charge < -0.3 is 15.4 Å². The van der Waals surface area contributed by atoms with Gasteiger partial charge in [0.2, 0.25) is 5.91 Å². The number of nitrogens with one attached hydrogen (secondary N) is 2. The lowest BCUT2D eigenvalue weighted by Crippen LogP contribution is -2.47. The third-order valence-electron chi connectivity index (χ3n) is 4.49. The Bertz CT molecular complexity index is 677. The number of hydrogen-bond acceptors (Lipinski definition) is 4. The lowest BCUT2D eigenvalue weighted by atomic mass is 10.1. The molecule has 1 saturated heterocycles. The van der Waals surface area contributed by atoms with Gasteiger partial charge in [-0.2, -0.15) is 11.8 Å². The summed E-state index contributed by atoms with van der Waals surface area (Å²) >= 11 is 1.79. The highest BCUT2D eigenvalue weighted by atomic mass is 32.2. The summed E-state index contributed by atoms with van der Waals surface area (Å²) in [6.45, 7) is 2.25. The van der Waals surface area contributed by atoms with Gasteiger partial charge in [0.15, 0.2) is 0 Å². The van der Waals surface area contributed by atoms with E-state index < -0.39 is 0 Å². The fraction of sp³-hybridized carbons (Fsp3) is 0.409. The molecule has 2 aromatic carbocycles. The summed E-state index contributed by atoms with van der Waals surface area (Å²) in [7, 11) is 0. The summed E-state index contributed by atoms with van der Waals surface area (Å²) in [5.74, 6) is 1.76. The van der Waals surface area contributed by atoms with E-state index in [4.69, 9.17) is 4.74 Å². The van der Waals surface area contributed by atoms with Crippen LogP contribution in [0, 0.1) is 0 Å². The van der Waals surface area contributed by atoms with Gasteiger partial charge in [-0.05, 0) is 24.0 Å². The zero-order valence-corrected chi connectivity index (χ0v) is 16.4. The van der Waals surface area contributed by atoms with Gasteiger partial charge in [-0.25, -0.2) is 0 Å². The SMILES string of the molecule is O=C(NCCCc1ccccc1)C(CSCc1ccccc1)NCC1CO1. The molecule has 3 rings (SSSR count). The van der Waals surface area contributed by atoms with Crippen LogP contribution in [-0.2, 0) is 21.7 Å². The van der Waals surface area contributed by atoms with E-state index in [1.54, 1.807) is 11.8 Å². The van der Waals surface area contributed by atoms with Crippen LogP contribution in [0.3, 0.4) is 0 Å². The highest BCUT2D eigenvalue weighted by Gasteiger charge is 2.25. The summed E-state index contributed by atoms with van der Waals surface area (Å²) in [5, 5.41) is 6.46. The molecule has 0 spiro atoms. The van der Waals surface area contributed by atoms with Crippen LogP contribution in [0.4, 0.5) is 0 Å². The Morgan fingerprint density at radius 3 is 2.41 bits per heavy atom. The normalized spacial score (nSPS) is 16.7. The number of ether oxygens (including phenoxy) is 1. The van der Waals surface area contributed by atoms with Gasteiger partial charge in [-0.15, -0.1) is 0 Å². The van der Waals surface area contributed by atoms with Gasteiger partial charge in [0, 0.05) is 24.6 Å². The van der Waals surface area contributed by atoms with E-state index in [0.29, 0.717) is 6.54 Å². The molecule has 1 fully saturated rings. The van der Waals surface area contributed by atoms with Crippen molar-refractivity contribution in [3.05, 3.63) is 71.8 Å². The number of benzene rings is 2. The molecule has 144 valence electrons. The molecule has 1 aliphatic rings. The minimum absolute atomic E-state index is 0.0873. The van der Waals surface area contributed by atoms with Crippen LogP contribution in [0.15, 0.2) is 60.7 Å². The van der Waals surface area contributed by atoms with Crippen LogP contribution in [0.25, 0.3) is 0 Å². The number of rotatable bonds is 12. The van der Waals surface area contributed by atoms with Gasteiger partial charge in [-0.1, -0.05) is 60.7 Å². The third-order valence-corrected chi connectivity index (χ3v) is 5.60. The number of hydrogen-bond donors (Lipinski definition) is 2. The van der Waals surface area contributed by atoms with Crippen molar-refractivity contribution in [2.45, 2.75) is 30.7 Å². The Morgan fingerprint density at radius 2 is 1.74 bits per heavy atom. The van der Waals surface area contributed by atoms with E-state index in [2.05, 4.69) is 59.2 Å². The maximum absolute atomic E-state index is 12.6. The van der Waals surface area contributed by atoms with Crippen LogP contribution in [0.5, 0.6) is 0 Å². The molecule has 0 radical (unpaired) electrons. The second-order valence-corrected chi connectivity index (χ2v) is 7.83. The fourth-order valence-corrected chi connectivity index (χ4v) is 3.88. The predicted molar refractivity (Wildman–Crippen MR) is 112 cm³/mol. The van der Waals surface area contributed by atoms with E-state index in [1.165, 1.54) is 11.1 Å². The molecule has 1 aliphatic heterocycles. The molecule has 2 atom stereocenters. The predicted octanol–water partition coefficient (Wildman–Crippen LogP) is 3.03. The molecule has 0 bridgehead atoms. The lowest BCUT2D eigenvalue weighted by Gasteiger charge is -2.18. The topological polar surface area (TPSA) is 53.7 Å². The first-order chi connectivity index (χ1) is 13.3. The molecule has 2 N–H and O–H groups in total. The van der Waals surface area contributed by atoms with Crippen LogP contribution < -0.4 is 10.6 Å². The van der Waals surface area contributed by atoms with E-state index in [1.807, 2.05) is 12.1 Å². The molecule has 0 aliphatic carbocycles.